The van der Waals surface area contributed by atoms with E-state index in [1.165, 1.54) is 6.33 Å². The number of rotatable bonds is 6. The average Bonchev–Trinajstić information content (AvgIpc) is 3.39. The number of ether oxygens (including phenoxy) is 1. The van der Waals surface area contributed by atoms with E-state index in [1.54, 1.807) is 7.11 Å². The van der Waals surface area contributed by atoms with Crippen LogP contribution in [0.25, 0.3) is 11.4 Å². The summed E-state index contributed by atoms with van der Waals surface area (Å²) in [6, 6.07) is 15.7. The molecular formula is C20H20N4O2. The number of nitrogens with one attached hydrogen (secondary N) is 1. The first kappa shape index (κ1) is 16.3. The molecule has 1 saturated carbocycles. The van der Waals surface area contributed by atoms with Crippen molar-refractivity contribution in [2.24, 2.45) is 0 Å². The molecule has 2 aromatic carbocycles. The Balaban J connectivity index is 1.51. The van der Waals surface area contributed by atoms with Gasteiger partial charge in [-0.25, -0.2) is 4.98 Å². The summed E-state index contributed by atoms with van der Waals surface area (Å²) in [6.45, 7) is 0.608. The first-order chi connectivity index (χ1) is 12.7. The van der Waals surface area contributed by atoms with Crippen molar-refractivity contribution in [1.82, 2.24) is 20.1 Å². The molecule has 0 saturated heterocycles. The van der Waals surface area contributed by atoms with E-state index >= 15 is 0 Å². The Labute approximate surface area is 151 Å². The monoisotopic (exact) mass is 348 g/mol. The lowest BCUT2D eigenvalue weighted by Gasteiger charge is -2.23. The van der Waals surface area contributed by atoms with Gasteiger partial charge in [0.2, 0.25) is 0 Å². The van der Waals surface area contributed by atoms with Gasteiger partial charge >= 0.3 is 0 Å². The van der Waals surface area contributed by atoms with Gasteiger partial charge in [-0.15, -0.1) is 0 Å². The fourth-order valence-electron chi connectivity index (χ4n) is 2.96. The number of amides is 1. The van der Waals surface area contributed by atoms with Gasteiger partial charge in [0.1, 0.15) is 12.1 Å². The minimum atomic E-state index is 0.0624. The van der Waals surface area contributed by atoms with E-state index in [1.807, 2.05) is 53.4 Å². The predicted octanol–water partition coefficient (Wildman–Crippen LogP) is 3.29. The van der Waals surface area contributed by atoms with Crippen LogP contribution in [0.5, 0.6) is 5.75 Å². The molecule has 1 N–H and O–H groups in total. The van der Waals surface area contributed by atoms with Crippen molar-refractivity contribution < 1.29 is 9.53 Å². The number of H-pyrrole nitrogens is 1. The highest BCUT2D eigenvalue weighted by Crippen LogP contribution is 2.30. The van der Waals surface area contributed by atoms with Crippen LogP contribution >= 0.6 is 0 Å². The van der Waals surface area contributed by atoms with Crippen LogP contribution < -0.4 is 4.74 Å². The van der Waals surface area contributed by atoms with Crippen molar-refractivity contribution >= 4 is 5.91 Å². The standard InChI is InChI=1S/C20H20N4O2/c1-26-18-10-2-14(3-11-18)12-24(17-8-9-17)20(25)16-6-4-15(5-7-16)19-21-13-22-23-19/h2-7,10-11,13,17H,8-9,12H2,1H3,(H,21,22,23). The molecule has 0 spiro atoms. The first-order valence-corrected chi connectivity index (χ1v) is 8.64. The van der Waals surface area contributed by atoms with E-state index in [4.69, 9.17) is 4.74 Å². The maximum atomic E-state index is 13.0. The second kappa shape index (κ2) is 7.00. The molecule has 1 aliphatic rings. The lowest BCUT2D eigenvalue weighted by Crippen LogP contribution is -2.32. The summed E-state index contributed by atoms with van der Waals surface area (Å²) < 4.78 is 5.20. The van der Waals surface area contributed by atoms with Gasteiger partial charge in [-0.05, 0) is 42.7 Å². The highest BCUT2D eigenvalue weighted by molar-refractivity contribution is 5.95. The maximum absolute atomic E-state index is 13.0. The van der Waals surface area contributed by atoms with Crippen molar-refractivity contribution in [3.8, 4) is 17.1 Å². The van der Waals surface area contributed by atoms with Gasteiger partial charge in [-0.3, -0.25) is 9.89 Å². The zero-order chi connectivity index (χ0) is 17.9. The highest BCUT2D eigenvalue weighted by Gasteiger charge is 2.33. The van der Waals surface area contributed by atoms with Crippen LogP contribution in [-0.2, 0) is 6.54 Å². The third-order valence-electron chi connectivity index (χ3n) is 4.58. The summed E-state index contributed by atoms with van der Waals surface area (Å²) in [5, 5.41) is 6.68. The predicted molar refractivity (Wildman–Crippen MR) is 97.7 cm³/mol. The van der Waals surface area contributed by atoms with Gasteiger partial charge in [0, 0.05) is 23.7 Å². The van der Waals surface area contributed by atoms with Gasteiger partial charge in [-0.2, -0.15) is 5.10 Å². The third kappa shape index (κ3) is 3.44. The first-order valence-electron chi connectivity index (χ1n) is 8.64. The van der Waals surface area contributed by atoms with Crippen LogP contribution in [0.15, 0.2) is 54.9 Å². The van der Waals surface area contributed by atoms with Crippen LogP contribution in [-0.4, -0.2) is 39.1 Å². The summed E-state index contributed by atoms with van der Waals surface area (Å²) in [4.78, 5) is 19.1. The van der Waals surface area contributed by atoms with Gasteiger partial charge in [0.05, 0.1) is 7.11 Å². The highest BCUT2D eigenvalue weighted by atomic mass is 16.5. The smallest absolute Gasteiger partial charge is 0.254 e. The van der Waals surface area contributed by atoms with Crippen molar-refractivity contribution in [2.75, 3.05) is 7.11 Å². The SMILES string of the molecule is COc1ccc(CN(C(=O)c2ccc(-c3ncn[nH]3)cc2)C2CC2)cc1. The summed E-state index contributed by atoms with van der Waals surface area (Å²) in [5.74, 6) is 1.58. The number of aromatic nitrogens is 3. The molecule has 1 amide bonds. The molecule has 26 heavy (non-hydrogen) atoms. The van der Waals surface area contributed by atoms with Crippen LogP contribution in [0.3, 0.4) is 0 Å². The number of carbonyl (C=O) groups is 1. The van der Waals surface area contributed by atoms with Crippen molar-refractivity contribution in [3.05, 3.63) is 66.0 Å². The second-order valence-electron chi connectivity index (χ2n) is 6.42. The van der Waals surface area contributed by atoms with Crippen molar-refractivity contribution in [1.29, 1.82) is 0 Å². The van der Waals surface area contributed by atoms with E-state index < -0.39 is 0 Å². The number of methoxy groups -OCH3 is 1. The quantitative estimate of drug-likeness (QED) is 0.742. The summed E-state index contributed by atoms with van der Waals surface area (Å²) >= 11 is 0. The lowest BCUT2D eigenvalue weighted by molar-refractivity contribution is 0.0730. The second-order valence-corrected chi connectivity index (χ2v) is 6.42. The van der Waals surface area contributed by atoms with Crippen LogP contribution in [0.4, 0.5) is 0 Å². The van der Waals surface area contributed by atoms with E-state index in [0.29, 0.717) is 24.0 Å². The minimum absolute atomic E-state index is 0.0624. The van der Waals surface area contributed by atoms with Crippen molar-refractivity contribution in [2.45, 2.75) is 25.4 Å². The van der Waals surface area contributed by atoms with Crippen LogP contribution in [0.1, 0.15) is 28.8 Å². The molecule has 1 fully saturated rings. The molecule has 6 nitrogen and oxygen atoms in total. The van der Waals surface area contributed by atoms with E-state index in [2.05, 4.69) is 15.2 Å². The minimum Gasteiger partial charge on any atom is -0.497 e. The van der Waals surface area contributed by atoms with E-state index in [0.717, 1.165) is 29.7 Å². The molecule has 0 unspecified atom stereocenters. The maximum Gasteiger partial charge on any atom is 0.254 e. The fourth-order valence-corrected chi connectivity index (χ4v) is 2.96. The van der Waals surface area contributed by atoms with Crippen LogP contribution in [0.2, 0.25) is 0 Å². The average molecular weight is 348 g/mol. The Hall–Kier alpha value is -3.15. The zero-order valence-corrected chi connectivity index (χ0v) is 14.6. The van der Waals surface area contributed by atoms with Gasteiger partial charge < -0.3 is 9.64 Å². The Morgan fingerprint density at radius 2 is 1.88 bits per heavy atom. The number of hydrogen-bond donors (Lipinski definition) is 1. The Kier molecular flexibility index (Phi) is 4.39. The van der Waals surface area contributed by atoms with Crippen LogP contribution in [0, 0.1) is 0 Å². The number of carbonyl (C=O) groups excluding carboxylic acids is 1. The molecule has 0 bridgehead atoms. The summed E-state index contributed by atoms with van der Waals surface area (Å²) in [7, 11) is 1.65. The zero-order valence-electron chi connectivity index (χ0n) is 14.6. The molecule has 0 atom stereocenters. The van der Waals surface area contributed by atoms with Gasteiger partial charge in [0.25, 0.3) is 5.91 Å². The molecule has 1 heterocycles. The molecule has 0 radical (unpaired) electrons. The summed E-state index contributed by atoms with van der Waals surface area (Å²) in [5.41, 5.74) is 2.70. The van der Waals surface area contributed by atoms with Gasteiger partial charge in [-0.1, -0.05) is 24.3 Å². The molecule has 3 aromatic rings. The lowest BCUT2D eigenvalue weighted by atomic mass is 10.1. The number of aromatic amines is 1. The number of hydrogen-bond acceptors (Lipinski definition) is 4. The van der Waals surface area contributed by atoms with Gasteiger partial charge in [0.15, 0.2) is 5.82 Å². The number of benzene rings is 2. The molecule has 6 heteroatoms. The Bertz CT molecular complexity index is 869. The largest absolute Gasteiger partial charge is 0.497 e. The molecule has 0 aliphatic heterocycles. The third-order valence-corrected chi connectivity index (χ3v) is 4.58. The normalized spacial score (nSPS) is 13.4. The molecule has 4 rings (SSSR count). The molecule has 132 valence electrons. The van der Waals surface area contributed by atoms with E-state index in [-0.39, 0.29) is 5.91 Å². The summed E-state index contributed by atoms with van der Waals surface area (Å²) in [6.07, 6.45) is 3.61. The Morgan fingerprint density at radius 1 is 1.15 bits per heavy atom. The Morgan fingerprint density at radius 3 is 2.46 bits per heavy atom. The molecular weight excluding hydrogens is 328 g/mol. The number of nitrogens with zero attached hydrogens (tertiary/aromatic N) is 3. The topological polar surface area (TPSA) is 71.1 Å². The molecule has 1 aliphatic carbocycles. The fraction of sp³-hybridized carbons (Fsp3) is 0.250. The van der Waals surface area contributed by atoms with E-state index in [9.17, 15) is 4.79 Å². The van der Waals surface area contributed by atoms with Crippen molar-refractivity contribution in [3.63, 3.8) is 0 Å². The molecule has 1 aromatic heterocycles.